The first-order valence-corrected chi connectivity index (χ1v) is 6.94. The van der Waals surface area contributed by atoms with Crippen molar-refractivity contribution in [2.24, 2.45) is 5.92 Å². The number of carboxylic acid groups (broad SMARTS) is 1. The second-order valence-corrected chi connectivity index (χ2v) is 5.18. The summed E-state index contributed by atoms with van der Waals surface area (Å²) in [4.78, 5) is 22.4. The smallest absolute Gasteiger partial charge is 0.371 e. The van der Waals surface area contributed by atoms with Crippen LogP contribution in [-0.2, 0) is 6.54 Å². The molecule has 1 heterocycles. The van der Waals surface area contributed by atoms with E-state index >= 15 is 0 Å². The molecule has 0 aliphatic heterocycles. The highest BCUT2D eigenvalue weighted by Crippen LogP contribution is 2.33. The van der Waals surface area contributed by atoms with Gasteiger partial charge in [0.2, 0.25) is 5.76 Å². The molecule has 110 valence electrons. The molecule has 1 aromatic rings. The number of nitrogens with one attached hydrogen (secondary N) is 2. The van der Waals surface area contributed by atoms with Crippen LogP contribution in [0.15, 0.2) is 16.5 Å². The largest absolute Gasteiger partial charge is 0.475 e. The Morgan fingerprint density at radius 3 is 2.75 bits per heavy atom. The van der Waals surface area contributed by atoms with Gasteiger partial charge in [-0.1, -0.05) is 19.8 Å². The Bertz CT molecular complexity index is 479. The SMILES string of the molecule is CCC(CC1CC1)NC(=O)NCc1ccc(C(=O)O)o1. The van der Waals surface area contributed by atoms with Crippen LogP contribution >= 0.6 is 0 Å². The Hall–Kier alpha value is -1.98. The van der Waals surface area contributed by atoms with Gasteiger partial charge in [0.05, 0.1) is 6.54 Å². The third-order valence-electron chi connectivity index (χ3n) is 3.44. The van der Waals surface area contributed by atoms with Gasteiger partial charge in [-0.2, -0.15) is 0 Å². The molecule has 3 N–H and O–H groups in total. The Labute approximate surface area is 117 Å². The molecule has 0 aromatic carbocycles. The summed E-state index contributed by atoms with van der Waals surface area (Å²) in [6, 6.07) is 2.88. The molecule has 6 heteroatoms. The van der Waals surface area contributed by atoms with Crippen molar-refractivity contribution in [3.05, 3.63) is 23.7 Å². The van der Waals surface area contributed by atoms with Crippen molar-refractivity contribution < 1.29 is 19.1 Å². The number of carbonyl (C=O) groups is 2. The first-order valence-electron chi connectivity index (χ1n) is 6.94. The molecular formula is C14H20N2O4. The third-order valence-corrected chi connectivity index (χ3v) is 3.44. The van der Waals surface area contributed by atoms with E-state index in [1.165, 1.54) is 18.9 Å². The summed E-state index contributed by atoms with van der Waals surface area (Å²) < 4.78 is 5.06. The van der Waals surface area contributed by atoms with E-state index in [1.54, 1.807) is 6.07 Å². The van der Waals surface area contributed by atoms with E-state index in [1.807, 2.05) is 0 Å². The highest BCUT2D eigenvalue weighted by molar-refractivity contribution is 5.84. The quantitative estimate of drug-likeness (QED) is 0.715. The first-order chi connectivity index (χ1) is 9.58. The van der Waals surface area contributed by atoms with Gasteiger partial charge in [-0.3, -0.25) is 0 Å². The number of carbonyl (C=O) groups excluding carboxylic acids is 1. The van der Waals surface area contributed by atoms with Gasteiger partial charge >= 0.3 is 12.0 Å². The summed E-state index contributed by atoms with van der Waals surface area (Å²) in [5.41, 5.74) is 0. The zero-order valence-electron chi connectivity index (χ0n) is 11.5. The molecule has 1 aliphatic carbocycles. The average Bonchev–Trinajstić information content (AvgIpc) is 3.09. The first kappa shape index (κ1) is 14.4. The van der Waals surface area contributed by atoms with Crippen molar-refractivity contribution in [2.45, 2.75) is 45.2 Å². The second-order valence-electron chi connectivity index (χ2n) is 5.18. The number of aromatic carboxylic acids is 1. The van der Waals surface area contributed by atoms with Gasteiger partial charge in [-0.05, 0) is 30.9 Å². The van der Waals surface area contributed by atoms with Crippen molar-refractivity contribution in [3.63, 3.8) is 0 Å². The number of rotatable bonds is 7. The van der Waals surface area contributed by atoms with E-state index < -0.39 is 5.97 Å². The zero-order chi connectivity index (χ0) is 14.5. The Kier molecular flexibility index (Phi) is 4.65. The molecule has 0 bridgehead atoms. The molecule has 2 rings (SSSR count). The lowest BCUT2D eigenvalue weighted by atomic mass is 10.1. The lowest BCUT2D eigenvalue weighted by Gasteiger charge is -2.16. The fraction of sp³-hybridized carbons (Fsp3) is 0.571. The van der Waals surface area contributed by atoms with Crippen LogP contribution < -0.4 is 10.6 Å². The summed E-state index contributed by atoms with van der Waals surface area (Å²) >= 11 is 0. The molecule has 1 atom stereocenters. The minimum absolute atomic E-state index is 0.123. The predicted octanol–water partition coefficient (Wildman–Crippen LogP) is 2.36. The lowest BCUT2D eigenvalue weighted by Crippen LogP contribution is -2.41. The summed E-state index contributed by atoms with van der Waals surface area (Å²) in [6.07, 6.45) is 4.48. The average molecular weight is 280 g/mol. The molecule has 1 aliphatic rings. The van der Waals surface area contributed by atoms with Gasteiger partial charge in [0, 0.05) is 6.04 Å². The van der Waals surface area contributed by atoms with Gasteiger partial charge in [-0.15, -0.1) is 0 Å². The maximum Gasteiger partial charge on any atom is 0.371 e. The normalized spacial score (nSPS) is 15.7. The molecule has 1 fully saturated rings. The number of urea groups is 1. The van der Waals surface area contributed by atoms with Gasteiger partial charge < -0.3 is 20.2 Å². The summed E-state index contributed by atoms with van der Waals surface area (Å²) in [7, 11) is 0. The molecule has 0 saturated heterocycles. The van der Waals surface area contributed by atoms with Gasteiger partial charge in [0.25, 0.3) is 0 Å². The van der Waals surface area contributed by atoms with Crippen LogP contribution in [0, 0.1) is 5.92 Å². The molecule has 1 saturated carbocycles. The van der Waals surface area contributed by atoms with E-state index in [0.29, 0.717) is 5.76 Å². The van der Waals surface area contributed by atoms with E-state index in [2.05, 4.69) is 17.6 Å². The lowest BCUT2D eigenvalue weighted by molar-refractivity contribution is 0.0660. The summed E-state index contributed by atoms with van der Waals surface area (Å²) in [5.74, 6) is -0.0465. The van der Waals surface area contributed by atoms with Crippen molar-refractivity contribution in [2.75, 3.05) is 0 Å². The van der Waals surface area contributed by atoms with E-state index in [9.17, 15) is 9.59 Å². The maximum absolute atomic E-state index is 11.7. The zero-order valence-corrected chi connectivity index (χ0v) is 11.5. The fourth-order valence-electron chi connectivity index (χ4n) is 2.08. The van der Waals surface area contributed by atoms with E-state index in [4.69, 9.17) is 9.52 Å². The Balaban J connectivity index is 1.74. The summed E-state index contributed by atoms with van der Waals surface area (Å²) in [5, 5.41) is 14.3. The van der Waals surface area contributed by atoms with Crippen molar-refractivity contribution in [3.8, 4) is 0 Å². The number of hydrogen-bond acceptors (Lipinski definition) is 3. The second kappa shape index (κ2) is 6.45. The van der Waals surface area contributed by atoms with Crippen LogP contribution in [0.2, 0.25) is 0 Å². The minimum atomic E-state index is -1.11. The Morgan fingerprint density at radius 1 is 1.45 bits per heavy atom. The monoisotopic (exact) mass is 280 g/mol. The van der Waals surface area contributed by atoms with Crippen molar-refractivity contribution in [1.29, 1.82) is 0 Å². The van der Waals surface area contributed by atoms with Crippen LogP contribution in [0.3, 0.4) is 0 Å². The van der Waals surface area contributed by atoms with Crippen LogP contribution in [-0.4, -0.2) is 23.1 Å². The molecule has 2 amide bonds. The third kappa shape index (κ3) is 4.29. The van der Waals surface area contributed by atoms with E-state index in [-0.39, 0.29) is 24.4 Å². The molecule has 1 unspecified atom stereocenters. The number of carboxylic acids is 1. The highest BCUT2D eigenvalue weighted by Gasteiger charge is 2.25. The number of hydrogen-bond donors (Lipinski definition) is 3. The van der Waals surface area contributed by atoms with Crippen LogP contribution in [0.1, 0.15) is 48.9 Å². The van der Waals surface area contributed by atoms with Gasteiger partial charge in [0.15, 0.2) is 0 Å². The van der Waals surface area contributed by atoms with Gasteiger partial charge in [-0.25, -0.2) is 9.59 Å². The Morgan fingerprint density at radius 2 is 2.20 bits per heavy atom. The van der Waals surface area contributed by atoms with Crippen molar-refractivity contribution in [1.82, 2.24) is 10.6 Å². The van der Waals surface area contributed by atoms with E-state index in [0.717, 1.165) is 18.8 Å². The molecule has 20 heavy (non-hydrogen) atoms. The minimum Gasteiger partial charge on any atom is -0.475 e. The maximum atomic E-state index is 11.7. The number of furan rings is 1. The molecule has 0 radical (unpaired) electrons. The predicted molar refractivity (Wildman–Crippen MR) is 72.5 cm³/mol. The molecule has 0 spiro atoms. The standard InChI is InChI=1S/C14H20N2O4/c1-2-10(7-9-3-4-9)16-14(19)15-8-11-5-6-12(20-11)13(17)18/h5-6,9-10H,2-4,7-8H2,1H3,(H,17,18)(H2,15,16,19). The molecule has 1 aromatic heterocycles. The van der Waals surface area contributed by atoms with Crippen LogP contribution in [0.4, 0.5) is 4.79 Å². The van der Waals surface area contributed by atoms with Crippen LogP contribution in [0.25, 0.3) is 0 Å². The summed E-state index contributed by atoms with van der Waals surface area (Å²) in [6.45, 7) is 2.23. The van der Waals surface area contributed by atoms with Crippen molar-refractivity contribution >= 4 is 12.0 Å². The fourth-order valence-corrected chi connectivity index (χ4v) is 2.08. The number of amides is 2. The van der Waals surface area contributed by atoms with Crippen LogP contribution in [0.5, 0.6) is 0 Å². The molecule has 6 nitrogen and oxygen atoms in total. The topological polar surface area (TPSA) is 91.6 Å². The highest BCUT2D eigenvalue weighted by atomic mass is 16.4. The van der Waals surface area contributed by atoms with Gasteiger partial charge in [0.1, 0.15) is 5.76 Å². The molecular weight excluding hydrogens is 260 g/mol.